The second-order valence-corrected chi connectivity index (χ2v) is 5.47. The van der Waals surface area contributed by atoms with Crippen LogP contribution in [0.3, 0.4) is 0 Å². The minimum Gasteiger partial charge on any atom is -0.496 e. The van der Waals surface area contributed by atoms with Gasteiger partial charge in [0.25, 0.3) is 0 Å². The summed E-state index contributed by atoms with van der Waals surface area (Å²) in [6, 6.07) is 18.0. The highest BCUT2D eigenvalue weighted by Gasteiger charge is 2.08. The van der Waals surface area contributed by atoms with Crippen molar-refractivity contribution < 1.29 is 9.53 Å². The standard InChI is InChI=1S/C19H24N2O2/c1-21(15-16-8-4-3-5-9-16)19(22)14-20-13-12-17-10-6-7-11-18(17)23-2/h3-11,20H,12-15H2,1-2H3. The van der Waals surface area contributed by atoms with Crippen molar-refractivity contribution in [1.82, 2.24) is 10.2 Å². The lowest BCUT2D eigenvalue weighted by Gasteiger charge is -2.17. The normalized spacial score (nSPS) is 10.3. The first-order valence-electron chi connectivity index (χ1n) is 7.81. The zero-order valence-electron chi connectivity index (χ0n) is 13.8. The van der Waals surface area contributed by atoms with Gasteiger partial charge in [-0.3, -0.25) is 4.79 Å². The number of amides is 1. The molecule has 4 heteroatoms. The van der Waals surface area contributed by atoms with Gasteiger partial charge in [-0.25, -0.2) is 0 Å². The van der Waals surface area contributed by atoms with Crippen molar-refractivity contribution in [3.05, 3.63) is 65.7 Å². The lowest BCUT2D eigenvalue weighted by atomic mass is 10.1. The predicted octanol–water partition coefficient (Wildman–Crippen LogP) is 2.49. The van der Waals surface area contributed by atoms with E-state index in [1.807, 2.05) is 61.6 Å². The first kappa shape index (κ1) is 17.0. The molecule has 23 heavy (non-hydrogen) atoms. The van der Waals surface area contributed by atoms with E-state index in [9.17, 15) is 4.79 Å². The molecule has 0 saturated carbocycles. The Balaban J connectivity index is 1.72. The van der Waals surface area contributed by atoms with Gasteiger partial charge in [0.05, 0.1) is 13.7 Å². The number of likely N-dealkylation sites (N-methyl/N-ethyl adjacent to an activating group) is 1. The summed E-state index contributed by atoms with van der Waals surface area (Å²) >= 11 is 0. The zero-order chi connectivity index (χ0) is 16.5. The van der Waals surface area contributed by atoms with Gasteiger partial charge in [0.2, 0.25) is 5.91 Å². The molecule has 0 fully saturated rings. The second kappa shape index (κ2) is 8.96. The number of methoxy groups -OCH3 is 1. The van der Waals surface area contributed by atoms with E-state index in [4.69, 9.17) is 4.74 Å². The molecule has 2 aromatic carbocycles. The number of rotatable bonds is 8. The van der Waals surface area contributed by atoms with Crippen LogP contribution in [-0.4, -0.2) is 38.1 Å². The van der Waals surface area contributed by atoms with Crippen molar-refractivity contribution in [1.29, 1.82) is 0 Å². The van der Waals surface area contributed by atoms with E-state index in [1.165, 1.54) is 0 Å². The first-order chi connectivity index (χ1) is 11.2. The Morgan fingerprint density at radius 1 is 1.09 bits per heavy atom. The first-order valence-corrected chi connectivity index (χ1v) is 7.81. The molecule has 122 valence electrons. The lowest BCUT2D eigenvalue weighted by molar-refractivity contribution is -0.129. The van der Waals surface area contributed by atoms with Crippen molar-refractivity contribution in [2.75, 3.05) is 27.2 Å². The van der Waals surface area contributed by atoms with Crippen molar-refractivity contribution in [2.45, 2.75) is 13.0 Å². The minimum absolute atomic E-state index is 0.0916. The monoisotopic (exact) mass is 312 g/mol. The topological polar surface area (TPSA) is 41.6 Å². The molecule has 2 aromatic rings. The van der Waals surface area contributed by atoms with Crippen molar-refractivity contribution in [2.24, 2.45) is 0 Å². The molecule has 4 nitrogen and oxygen atoms in total. The Bertz CT molecular complexity index is 614. The third-order valence-corrected chi connectivity index (χ3v) is 3.73. The molecule has 0 aliphatic carbocycles. The largest absolute Gasteiger partial charge is 0.496 e. The van der Waals surface area contributed by atoms with Gasteiger partial charge in [-0.05, 0) is 30.2 Å². The van der Waals surface area contributed by atoms with Gasteiger partial charge in [0, 0.05) is 13.6 Å². The minimum atomic E-state index is 0.0916. The third-order valence-electron chi connectivity index (χ3n) is 3.73. The van der Waals surface area contributed by atoms with Crippen LogP contribution in [0.2, 0.25) is 0 Å². The van der Waals surface area contributed by atoms with Gasteiger partial charge in [0.1, 0.15) is 5.75 Å². The fraction of sp³-hybridized carbons (Fsp3) is 0.316. The third kappa shape index (κ3) is 5.42. The van der Waals surface area contributed by atoms with Gasteiger partial charge in [-0.1, -0.05) is 48.5 Å². The van der Waals surface area contributed by atoms with Crippen LogP contribution in [0.1, 0.15) is 11.1 Å². The van der Waals surface area contributed by atoms with Gasteiger partial charge in [-0.15, -0.1) is 0 Å². The average Bonchev–Trinajstić information content (AvgIpc) is 2.59. The van der Waals surface area contributed by atoms with Gasteiger partial charge in [0.15, 0.2) is 0 Å². The van der Waals surface area contributed by atoms with Crippen LogP contribution in [0.15, 0.2) is 54.6 Å². The number of carbonyl (C=O) groups excluding carboxylic acids is 1. The maximum Gasteiger partial charge on any atom is 0.236 e. The molecule has 1 N–H and O–H groups in total. The molecule has 0 spiro atoms. The lowest BCUT2D eigenvalue weighted by Crippen LogP contribution is -2.35. The van der Waals surface area contributed by atoms with Crippen molar-refractivity contribution >= 4 is 5.91 Å². The van der Waals surface area contributed by atoms with Gasteiger partial charge < -0.3 is 15.0 Å². The smallest absolute Gasteiger partial charge is 0.236 e. The number of nitrogens with one attached hydrogen (secondary N) is 1. The van der Waals surface area contributed by atoms with Crippen LogP contribution < -0.4 is 10.1 Å². The highest BCUT2D eigenvalue weighted by Crippen LogP contribution is 2.17. The van der Waals surface area contributed by atoms with E-state index in [1.54, 1.807) is 12.0 Å². The van der Waals surface area contributed by atoms with Crippen LogP contribution in [0.5, 0.6) is 5.75 Å². The summed E-state index contributed by atoms with van der Waals surface area (Å²) in [5.41, 5.74) is 2.28. The summed E-state index contributed by atoms with van der Waals surface area (Å²) in [5.74, 6) is 0.982. The van der Waals surface area contributed by atoms with Crippen LogP contribution in [0.25, 0.3) is 0 Å². The highest BCUT2D eigenvalue weighted by atomic mass is 16.5. The average molecular weight is 312 g/mol. The van der Waals surface area contributed by atoms with Crippen molar-refractivity contribution in [3.8, 4) is 5.75 Å². The Kier molecular flexibility index (Phi) is 6.63. The number of hydrogen-bond donors (Lipinski definition) is 1. The van der Waals surface area contributed by atoms with Crippen molar-refractivity contribution in [3.63, 3.8) is 0 Å². The van der Waals surface area contributed by atoms with Gasteiger partial charge >= 0.3 is 0 Å². The number of hydrogen-bond acceptors (Lipinski definition) is 3. The van der Waals surface area contributed by atoms with Crippen LogP contribution in [0.4, 0.5) is 0 Å². The number of carbonyl (C=O) groups is 1. The van der Waals surface area contributed by atoms with E-state index < -0.39 is 0 Å². The number of nitrogens with zero attached hydrogens (tertiary/aromatic N) is 1. The van der Waals surface area contributed by atoms with Crippen LogP contribution >= 0.6 is 0 Å². The Hall–Kier alpha value is -2.33. The summed E-state index contributed by atoms with van der Waals surface area (Å²) in [6.45, 7) is 1.72. The number of ether oxygens (including phenoxy) is 1. The van der Waals surface area contributed by atoms with E-state index in [2.05, 4.69) is 5.32 Å². The Morgan fingerprint density at radius 3 is 2.52 bits per heavy atom. The van der Waals surface area contributed by atoms with Crippen LogP contribution in [0, 0.1) is 0 Å². The molecular weight excluding hydrogens is 288 g/mol. The number of benzene rings is 2. The molecule has 0 aromatic heterocycles. The molecule has 0 bridgehead atoms. The molecule has 0 atom stereocenters. The Labute approximate surface area is 138 Å². The Morgan fingerprint density at radius 2 is 1.78 bits per heavy atom. The fourth-order valence-electron chi connectivity index (χ4n) is 2.41. The molecule has 0 unspecified atom stereocenters. The maximum absolute atomic E-state index is 12.1. The molecule has 0 aliphatic heterocycles. The predicted molar refractivity (Wildman–Crippen MR) is 92.5 cm³/mol. The molecule has 0 saturated heterocycles. The maximum atomic E-state index is 12.1. The molecule has 0 heterocycles. The SMILES string of the molecule is COc1ccccc1CCNCC(=O)N(C)Cc1ccccc1. The molecule has 0 aliphatic rings. The second-order valence-electron chi connectivity index (χ2n) is 5.47. The molecule has 1 amide bonds. The fourth-order valence-corrected chi connectivity index (χ4v) is 2.41. The van der Waals surface area contributed by atoms with Crippen LogP contribution in [-0.2, 0) is 17.8 Å². The van der Waals surface area contributed by atoms with E-state index in [-0.39, 0.29) is 5.91 Å². The quantitative estimate of drug-likeness (QED) is 0.762. The zero-order valence-corrected chi connectivity index (χ0v) is 13.8. The van der Waals surface area contributed by atoms with Gasteiger partial charge in [-0.2, -0.15) is 0 Å². The summed E-state index contributed by atoms with van der Waals surface area (Å²) in [6.07, 6.45) is 0.833. The number of para-hydroxylation sites is 1. The van der Waals surface area contributed by atoms with E-state index >= 15 is 0 Å². The molecule has 2 rings (SSSR count). The van der Waals surface area contributed by atoms with E-state index in [0.717, 1.165) is 29.8 Å². The summed E-state index contributed by atoms with van der Waals surface area (Å²) < 4.78 is 5.33. The summed E-state index contributed by atoms with van der Waals surface area (Å²) in [5, 5.41) is 3.20. The molecular formula is C19H24N2O2. The highest BCUT2D eigenvalue weighted by molar-refractivity contribution is 5.77. The summed E-state index contributed by atoms with van der Waals surface area (Å²) in [7, 11) is 3.51. The molecule has 0 radical (unpaired) electrons. The van der Waals surface area contributed by atoms with E-state index in [0.29, 0.717) is 13.1 Å². The summed E-state index contributed by atoms with van der Waals surface area (Å²) in [4.78, 5) is 13.9.